The van der Waals surface area contributed by atoms with Crippen LogP contribution in [0, 0.1) is 10.1 Å². The van der Waals surface area contributed by atoms with Gasteiger partial charge in [0.1, 0.15) is 0 Å². The highest BCUT2D eigenvalue weighted by Gasteiger charge is 2.15. The van der Waals surface area contributed by atoms with Gasteiger partial charge in [-0.2, -0.15) is 0 Å². The summed E-state index contributed by atoms with van der Waals surface area (Å²) < 4.78 is 0. The summed E-state index contributed by atoms with van der Waals surface area (Å²) in [5.74, 6) is 0.876. The van der Waals surface area contributed by atoms with Crippen molar-refractivity contribution in [2.45, 2.75) is 11.3 Å². The lowest BCUT2D eigenvalue weighted by molar-refractivity contribution is -0.384. The number of carbonyl (C=O) groups excluding carboxylic acids is 1. The Morgan fingerprint density at radius 2 is 1.95 bits per heavy atom. The summed E-state index contributed by atoms with van der Waals surface area (Å²) in [6, 6.07) is 6.41. The van der Waals surface area contributed by atoms with E-state index in [4.69, 9.17) is 0 Å². The highest BCUT2D eigenvalue weighted by atomic mass is 32.2. The number of nitro groups is 1. The van der Waals surface area contributed by atoms with Crippen molar-refractivity contribution in [3.63, 3.8) is 0 Å². The van der Waals surface area contributed by atoms with Crippen LogP contribution in [0.3, 0.4) is 0 Å². The summed E-state index contributed by atoms with van der Waals surface area (Å²) in [7, 11) is 0. The molecule has 1 aromatic rings. The Balaban J connectivity index is 1.74. The predicted molar refractivity (Wildman–Crippen MR) is 77.9 cm³/mol. The Morgan fingerprint density at radius 1 is 1.30 bits per heavy atom. The SMILES string of the molecule is O=C(CCSc1ccc([N+](=O)[O-])cc1)N1CCNCC1. The van der Waals surface area contributed by atoms with Gasteiger partial charge in [-0.05, 0) is 12.1 Å². The number of benzene rings is 1. The summed E-state index contributed by atoms with van der Waals surface area (Å²) in [4.78, 5) is 24.9. The molecule has 108 valence electrons. The number of nitro benzene ring substituents is 1. The highest BCUT2D eigenvalue weighted by Crippen LogP contribution is 2.22. The fraction of sp³-hybridized carbons (Fsp3) is 0.462. The molecule has 0 aliphatic carbocycles. The van der Waals surface area contributed by atoms with Gasteiger partial charge in [-0.15, -0.1) is 11.8 Å². The number of hydrogen-bond acceptors (Lipinski definition) is 5. The first-order chi connectivity index (χ1) is 9.66. The molecule has 1 aromatic carbocycles. The third-order valence-corrected chi connectivity index (χ3v) is 4.12. The van der Waals surface area contributed by atoms with Gasteiger partial charge in [0, 0.05) is 55.4 Å². The van der Waals surface area contributed by atoms with Crippen molar-refractivity contribution in [3.8, 4) is 0 Å². The number of nitrogens with zero attached hydrogens (tertiary/aromatic N) is 2. The van der Waals surface area contributed by atoms with Gasteiger partial charge in [0.05, 0.1) is 4.92 Å². The summed E-state index contributed by atoms with van der Waals surface area (Å²) >= 11 is 1.55. The monoisotopic (exact) mass is 295 g/mol. The third-order valence-electron chi connectivity index (χ3n) is 3.10. The maximum absolute atomic E-state index is 11.9. The number of thioether (sulfide) groups is 1. The molecule has 1 saturated heterocycles. The zero-order valence-electron chi connectivity index (χ0n) is 11.1. The molecule has 2 rings (SSSR count). The molecule has 1 heterocycles. The number of rotatable bonds is 5. The number of hydrogen-bond donors (Lipinski definition) is 1. The first-order valence-corrected chi connectivity index (χ1v) is 7.51. The molecule has 0 saturated carbocycles. The average Bonchev–Trinajstić information content (AvgIpc) is 2.48. The molecule has 1 aliphatic heterocycles. The summed E-state index contributed by atoms with van der Waals surface area (Å²) in [6.45, 7) is 3.28. The largest absolute Gasteiger partial charge is 0.340 e. The number of carbonyl (C=O) groups is 1. The second-order valence-electron chi connectivity index (χ2n) is 4.48. The molecule has 20 heavy (non-hydrogen) atoms. The van der Waals surface area contributed by atoms with E-state index >= 15 is 0 Å². The zero-order chi connectivity index (χ0) is 14.4. The standard InChI is InChI=1S/C13H17N3O3S/c17-13(15-8-6-14-7-9-15)5-10-20-12-3-1-11(2-4-12)16(18)19/h1-4,14H,5-10H2. The van der Waals surface area contributed by atoms with Crippen LogP contribution < -0.4 is 5.32 Å². The van der Waals surface area contributed by atoms with Gasteiger partial charge in [-0.3, -0.25) is 14.9 Å². The van der Waals surface area contributed by atoms with Gasteiger partial charge in [-0.1, -0.05) is 0 Å². The van der Waals surface area contributed by atoms with Crippen molar-refractivity contribution in [3.05, 3.63) is 34.4 Å². The minimum atomic E-state index is -0.414. The van der Waals surface area contributed by atoms with E-state index in [9.17, 15) is 14.9 Å². The first kappa shape index (κ1) is 14.8. The fourth-order valence-corrected chi connectivity index (χ4v) is 2.83. The topological polar surface area (TPSA) is 75.5 Å². The molecule has 1 amide bonds. The van der Waals surface area contributed by atoms with Crippen LogP contribution in [0.1, 0.15) is 6.42 Å². The minimum Gasteiger partial charge on any atom is -0.340 e. The predicted octanol–water partition coefficient (Wildman–Crippen LogP) is 1.51. The molecular weight excluding hydrogens is 278 g/mol. The van der Waals surface area contributed by atoms with E-state index in [1.54, 1.807) is 23.9 Å². The number of nitrogens with one attached hydrogen (secondary N) is 1. The van der Waals surface area contributed by atoms with E-state index in [-0.39, 0.29) is 11.6 Å². The Hall–Kier alpha value is -1.60. The van der Waals surface area contributed by atoms with Gasteiger partial charge in [0.2, 0.25) is 5.91 Å². The second kappa shape index (κ2) is 7.25. The summed E-state index contributed by atoms with van der Waals surface area (Å²) in [6.07, 6.45) is 0.502. The van der Waals surface area contributed by atoms with E-state index in [0.717, 1.165) is 31.1 Å². The Bertz CT molecular complexity index is 472. The Kier molecular flexibility index (Phi) is 5.37. The van der Waals surface area contributed by atoms with Gasteiger partial charge >= 0.3 is 0 Å². The van der Waals surface area contributed by atoms with E-state index in [0.29, 0.717) is 12.2 Å². The molecule has 0 radical (unpaired) electrons. The molecule has 1 N–H and O–H groups in total. The van der Waals surface area contributed by atoms with Crippen LogP contribution in [0.15, 0.2) is 29.2 Å². The summed E-state index contributed by atoms with van der Waals surface area (Å²) in [5, 5.41) is 13.7. The smallest absolute Gasteiger partial charge is 0.269 e. The van der Waals surface area contributed by atoms with Gasteiger partial charge in [0.15, 0.2) is 0 Å². The highest BCUT2D eigenvalue weighted by molar-refractivity contribution is 7.99. The van der Waals surface area contributed by atoms with E-state index in [1.807, 2.05) is 4.90 Å². The molecule has 0 spiro atoms. The normalized spacial score (nSPS) is 15.1. The van der Waals surface area contributed by atoms with Gasteiger partial charge < -0.3 is 10.2 Å². The molecule has 0 atom stereocenters. The molecular formula is C13H17N3O3S. The average molecular weight is 295 g/mol. The quantitative estimate of drug-likeness (QED) is 0.506. The van der Waals surface area contributed by atoms with Crippen molar-refractivity contribution in [2.24, 2.45) is 0 Å². The van der Waals surface area contributed by atoms with Crippen LogP contribution in [-0.4, -0.2) is 47.7 Å². The Labute approximate surface area is 121 Å². The van der Waals surface area contributed by atoms with Gasteiger partial charge in [0.25, 0.3) is 5.69 Å². The molecule has 0 bridgehead atoms. The zero-order valence-corrected chi connectivity index (χ0v) is 11.9. The second-order valence-corrected chi connectivity index (χ2v) is 5.65. The van der Waals surface area contributed by atoms with Crippen LogP contribution in [0.4, 0.5) is 5.69 Å². The number of piperazine rings is 1. The van der Waals surface area contributed by atoms with Crippen molar-refractivity contribution >= 4 is 23.4 Å². The van der Waals surface area contributed by atoms with Crippen LogP contribution in [0.25, 0.3) is 0 Å². The third kappa shape index (κ3) is 4.21. The first-order valence-electron chi connectivity index (χ1n) is 6.52. The van der Waals surface area contributed by atoms with Crippen LogP contribution >= 0.6 is 11.8 Å². The van der Waals surface area contributed by atoms with E-state index in [1.165, 1.54) is 12.1 Å². The van der Waals surface area contributed by atoms with Gasteiger partial charge in [-0.25, -0.2) is 0 Å². The number of amides is 1. The maximum atomic E-state index is 11.9. The molecule has 0 aromatic heterocycles. The maximum Gasteiger partial charge on any atom is 0.269 e. The Morgan fingerprint density at radius 3 is 2.55 bits per heavy atom. The summed E-state index contributed by atoms with van der Waals surface area (Å²) in [5.41, 5.74) is 0.0891. The van der Waals surface area contributed by atoms with Crippen LogP contribution in [-0.2, 0) is 4.79 Å². The molecule has 1 fully saturated rings. The van der Waals surface area contributed by atoms with Crippen molar-refractivity contribution in [1.82, 2.24) is 10.2 Å². The molecule has 6 nitrogen and oxygen atoms in total. The van der Waals surface area contributed by atoms with Crippen LogP contribution in [0.2, 0.25) is 0 Å². The lowest BCUT2D eigenvalue weighted by atomic mass is 10.3. The lowest BCUT2D eigenvalue weighted by Gasteiger charge is -2.27. The number of non-ortho nitro benzene ring substituents is 1. The van der Waals surface area contributed by atoms with Crippen LogP contribution in [0.5, 0.6) is 0 Å². The van der Waals surface area contributed by atoms with Crippen molar-refractivity contribution in [2.75, 3.05) is 31.9 Å². The molecule has 7 heteroatoms. The minimum absolute atomic E-state index is 0.0891. The van der Waals surface area contributed by atoms with E-state index < -0.39 is 4.92 Å². The van der Waals surface area contributed by atoms with E-state index in [2.05, 4.69) is 5.32 Å². The van der Waals surface area contributed by atoms with Crippen molar-refractivity contribution < 1.29 is 9.72 Å². The fourth-order valence-electron chi connectivity index (χ4n) is 1.99. The lowest BCUT2D eigenvalue weighted by Crippen LogP contribution is -2.46. The molecule has 0 unspecified atom stereocenters. The molecule has 1 aliphatic rings. The van der Waals surface area contributed by atoms with Crippen molar-refractivity contribution in [1.29, 1.82) is 0 Å².